The van der Waals surface area contributed by atoms with E-state index in [1.165, 1.54) is 4.90 Å². The summed E-state index contributed by atoms with van der Waals surface area (Å²) in [7, 11) is 0. The molecule has 0 bridgehead atoms. The van der Waals surface area contributed by atoms with Crippen molar-refractivity contribution in [1.82, 2.24) is 15.5 Å². The van der Waals surface area contributed by atoms with Gasteiger partial charge in [0.1, 0.15) is 24.2 Å². The van der Waals surface area contributed by atoms with E-state index in [0.29, 0.717) is 25.7 Å². The first-order chi connectivity index (χ1) is 15.2. The standard InChI is InChI=1S/C21H25N3O8/c25-16(26)11-14(18(28)29)22-17(27)15-7-4-10-24(15)19(30)21(8-9-21)23-20(31)32-12-13-5-2-1-3-6-13/h1-3,5-6,14-15H,4,7-12H2,(H,22,27)(H,23,31)(H,25,26)(H,28,29)/t14-,15-/m0/s1. The number of nitrogens with zero attached hydrogens (tertiary/aromatic N) is 1. The van der Waals surface area contributed by atoms with Crippen LogP contribution in [-0.2, 0) is 30.5 Å². The van der Waals surface area contributed by atoms with Gasteiger partial charge in [0.2, 0.25) is 11.8 Å². The van der Waals surface area contributed by atoms with Crippen LogP contribution in [0.2, 0.25) is 0 Å². The maximum Gasteiger partial charge on any atom is 0.408 e. The number of carbonyl (C=O) groups excluding carboxylic acids is 3. The lowest BCUT2D eigenvalue weighted by molar-refractivity contribution is -0.148. The summed E-state index contributed by atoms with van der Waals surface area (Å²) in [5.74, 6) is -4.01. The summed E-state index contributed by atoms with van der Waals surface area (Å²) >= 11 is 0. The Kier molecular flexibility index (Phi) is 6.96. The molecular weight excluding hydrogens is 422 g/mol. The lowest BCUT2D eigenvalue weighted by Gasteiger charge is -2.29. The van der Waals surface area contributed by atoms with Gasteiger partial charge in [-0.1, -0.05) is 30.3 Å². The minimum atomic E-state index is -1.60. The van der Waals surface area contributed by atoms with Crippen LogP contribution in [0.3, 0.4) is 0 Å². The van der Waals surface area contributed by atoms with Gasteiger partial charge in [-0.15, -0.1) is 0 Å². The third-order valence-electron chi connectivity index (χ3n) is 5.52. The minimum absolute atomic E-state index is 0.0475. The molecule has 2 fully saturated rings. The van der Waals surface area contributed by atoms with Crippen molar-refractivity contribution in [2.75, 3.05) is 6.54 Å². The highest BCUT2D eigenvalue weighted by molar-refractivity contribution is 5.97. The molecule has 3 rings (SSSR count). The summed E-state index contributed by atoms with van der Waals surface area (Å²) in [6.45, 7) is 0.321. The minimum Gasteiger partial charge on any atom is -0.481 e. The van der Waals surface area contributed by atoms with Crippen LogP contribution >= 0.6 is 0 Å². The van der Waals surface area contributed by atoms with Crippen molar-refractivity contribution in [3.05, 3.63) is 35.9 Å². The second kappa shape index (κ2) is 9.67. The van der Waals surface area contributed by atoms with E-state index in [1.54, 1.807) is 12.1 Å². The predicted molar refractivity (Wildman–Crippen MR) is 108 cm³/mol. The predicted octanol–water partition coefficient (Wildman–Crippen LogP) is 0.481. The topological polar surface area (TPSA) is 162 Å². The van der Waals surface area contributed by atoms with Crippen LogP contribution in [-0.4, -0.2) is 69.1 Å². The van der Waals surface area contributed by atoms with Crippen LogP contribution in [0.5, 0.6) is 0 Å². The molecule has 0 unspecified atom stereocenters. The van der Waals surface area contributed by atoms with Gasteiger partial charge in [-0.3, -0.25) is 14.4 Å². The van der Waals surface area contributed by atoms with E-state index in [-0.39, 0.29) is 13.2 Å². The number of carboxylic acids is 2. The largest absolute Gasteiger partial charge is 0.481 e. The molecule has 1 aromatic rings. The molecule has 1 aromatic carbocycles. The fraction of sp³-hybridized carbons (Fsp3) is 0.476. The Hall–Kier alpha value is -3.63. The van der Waals surface area contributed by atoms with Gasteiger partial charge in [0.05, 0.1) is 6.42 Å². The molecule has 1 aliphatic heterocycles. The highest BCUT2D eigenvalue weighted by Gasteiger charge is 2.55. The number of hydrogen-bond donors (Lipinski definition) is 4. The molecule has 172 valence electrons. The van der Waals surface area contributed by atoms with E-state index < -0.39 is 53.9 Å². The van der Waals surface area contributed by atoms with Crippen molar-refractivity contribution in [3.63, 3.8) is 0 Å². The zero-order valence-corrected chi connectivity index (χ0v) is 17.3. The van der Waals surface area contributed by atoms with Gasteiger partial charge >= 0.3 is 18.0 Å². The maximum atomic E-state index is 13.1. The molecule has 0 spiro atoms. The zero-order valence-electron chi connectivity index (χ0n) is 17.3. The normalized spacial score (nSPS) is 19.5. The molecule has 1 heterocycles. The number of rotatable bonds is 9. The Morgan fingerprint density at radius 3 is 2.41 bits per heavy atom. The van der Waals surface area contributed by atoms with E-state index in [4.69, 9.17) is 14.9 Å². The molecule has 1 saturated carbocycles. The van der Waals surface area contributed by atoms with E-state index in [2.05, 4.69) is 10.6 Å². The van der Waals surface area contributed by atoms with Crippen LogP contribution in [0, 0.1) is 0 Å². The molecule has 0 aromatic heterocycles. The van der Waals surface area contributed by atoms with Crippen molar-refractivity contribution < 1.29 is 38.9 Å². The first-order valence-electron chi connectivity index (χ1n) is 10.3. The maximum absolute atomic E-state index is 13.1. The van der Waals surface area contributed by atoms with Crippen LogP contribution < -0.4 is 10.6 Å². The zero-order chi connectivity index (χ0) is 23.3. The monoisotopic (exact) mass is 447 g/mol. The van der Waals surface area contributed by atoms with E-state index >= 15 is 0 Å². The number of carboxylic acid groups (broad SMARTS) is 2. The van der Waals surface area contributed by atoms with Gasteiger partial charge < -0.3 is 30.5 Å². The van der Waals surface area contributed by atoms with Gasteiger partial charge in [0.25, 0.3) is 0 Å². The Balaban J connectivity index is 1.59. The molecule has 3 amide bonds. The molecular formula is C21H25N3O8. The third-order valence-corrected chi connectivity index (χ3v) is 5.52. The van der Waals surface area contributed by atoms with Crippen molar-refractivity contribution >= 4 is 29.8 Å². The molecule has 2 atom stereocenters. The fourth-order valence-corrected chi connectivity index (χ4v) is 3.67. The third kappa shape index (κ3) is 5.54. The highest BCUT2D eigenvalue weighted by Crippen LogP contribution is 2.39. The molecule has 4 N–H and O–H groups in total. The Labute approximate surface area is 183 Å². The Bertz CT molecular complexity index is 900. The van der Waals surface area contributed by atoms with Crippen molar-refractivity contribution in [3.8, 4) is 0 Å². The number of amides is 3. The van der Waals surface area contributed by atoms with Gasteiger partial charge in [-0.2, -0.15) is 0 Å². The number of carbonyl (C=O) groups is 5. The van der Waals surface area contributed by atoms with Crippen molar-refractivity contribution in [2.45, 2.75) is 56.3 Å². The summed E-state index contributed by atoms with van der Waals surface area (Å²) in [6.07, 6.45) is 0.107. The molecule has 2 aliphatic rings. The van der Waals surface area contributed by atoms with E-state index in [0.717, 1.165) is 5.56 Å². The van der Waals surface area contributed by atoms with Crippen LogP contribution in [0.1, 0.15) is 37.7 Å². The lowest BCUT2D eigenvalue weighted by Crippen LogP contribution is -2.56. The van der Waals surface area contributed by atoms with Gasteiger partial charge in [-0.05, 0) is 31.2 Å². The van der Waals surface area contributed by atoms with Crippen LogP contribution in [0.15, 0.2) is 30.3 Å². The summed E-state index contributed by atoms with van der Waals surface area (Å²) in [4.78, 5) is 61.4. The number of hydrogen-bond acceptors (Lipinski definition) is 6. The highest BCUT2D eigenvalue weighted by atomic mass is 16.5. The summed E-state index contributed by atoms with van der Waals surface area (Å²) < 4.78 is 5.19. The number of ether oxygens (including phenoxy) is 1. The Morgan fingerprint density at radius 2 is 1.81 bits per heavy atom. The summed E-state index contributed by atoms with van der Waals surface area (Å²) in [6, 6.07) is 6.53. The molecule has 1 aliphatic carbocycles. The number of nitrogens with one attached hydrogen (secondary N) is 2. The van der Waals surface area contributed by atoms with Crippen LogP contribution in [0.25, 0.3) is 0 Å². The van der Waals surface area contributed by atoms with Crippen LogP contribution in [0.4, 0.5) is 4.79 Å². The summed E-state index contributed by atoms with van der Waals surface area (Å²) in [5, 5.41) is 22.8. The molecule has 32 heavy (non-hydrogen) atoms. The summed E-state index contributed by atoms with van der Waals surface area (Å²) in [5.41, 5.74) is -0.353. The number of benzene rings is 1. The number of likely N-dealkylation sites (tertiary alicyclic amines) is 1. The average Bonchev–Trinajstić information content (AvgIpc) is 3.36. The molecule has 11 nitrogen and oxygen atoms in total. The molecule has 1 saturated heterocycles. The SMILES string of the molecule is O=C(O)C[C@H](NC(=O)[C@@H]1CCCN1C(=O)C1(NC(=O)OCc2ccccc2)CC1)C(=O)O. The average molecular weight is 447 g/mol. The second-order valence-electron chi connectivity index (χ2n) is 7.92. The Morgan fingerprint density at radius 1 is 1.12 bits per heavy atom. The number of alkyl carbamates (subject to hydrolysis) is 1. The van der Waals surface area contributed by atoms with Crippen molar-refractivity contribution in [1.29, 1.82) is 0 Å². The first-order valence-corrected chi connectivity index (χ1v) is 10.3. The quantitative estimate of drug-likeness (QED) is 0.425. The van der Waals surface area contributed by atoms with Gasteiger partial charge in [0.15, 0.2) is 0 Å². The van der Waals surface area contributed by atoms with Gasteiger partial charge in [0, 0.05) is 6.54 Å². The lowest BCUT2D eigenvalue weighted by atomic mass is 10.1. The fourth-order valence-electron chi connectivity index (χ4n) is 3.67. The second-order valence-corrected chi connectivity index (χ2v) is 7.92. The van der Waals surface area contributed by atoms with E-state index in [9.17, 15) is 24.0 Å². The number of aliphatic carboxylic acids is 2. The molecule has 0 radical (unpaired) electrons. The van der Waals surface area contributed by atoms with Crippen molar-refractivity contribution in [2.24, 2.45) is 0 Å². The van der Waals surface area contributed by atoms with E-state index in [1.807, 2.05) is 18.2 Å². The first kappa shape index (κ1) is 23.0. The van der Waals surface area contributed by atoms with Gasteiger partial charge in [-0.25, -0.2) is 9.59 Å². The smallest absolute Gasteiger partial charge is 0.408 e. The molecule has 11 heteroatoms.